The normalized spacial score (nSPS) is 15.4. The Balaban J connectivity index is 1.64. The molecule has 2 N–H and O–H groups in total. The molecular weight excluding hydrogens is 332 g/mol. The van der Waals surface area contributed by atoms with Gasteiger partial charge in [0.25, 0.3) is 5.91 Å². The van der Waals surface area contributed by atoms with Gasteiger partial charge in [-0.2, -0.15) is 5.10 Å². The van der Waals surface area contributed by atoms with Crippen LogP contribution in [0, 0.1) is 6.92 Å². The van der Waals surface area contributed by atoms with E-state index in [1.54, 1.807) is 6.20 Å². The van der Waals surface area contributed by atoms with E-state index in [0.717, 1.165) is 18.5 Å². The van der Waals surface area contributed by atoms with E-state index >= 15 is 0 Å². The molecule has 3 heterocycles. The van der Waals surface area contributed by atoms with Gasteiger partial charge in [-0.05, 0) is 19.8 Å². The summed E-state index contributed by atoms with van der Waals surface area (Å²) in [5, 5.41) is 18.0. The molecule has 1 aliphatic rings. The van der Waals surface area contributed by atoms with Gasteiger partial charge in [-0.25, -0.2) is 9.78 Å². The van der Waals surface area contributed by atoms with E-state index in [-0.39, 0.29) is 24.2 Å². The van der Waals surface area contributed by atoms with Crippen LogP contribution in [0.1, 0.15) is 50.4 Å². The van der Waals surface area contributed by atoms with Crippen molar-refractivity contribution in [3.63, 3.8) is 0 Å². The second-order valence-electron chi connectivity index (χ2n) is 5.55. The van der Waals surface area contributed by atoms with Crippen molar-refractivity contribution in [3.8, 4) is 0 Å². The van der Waals surface area contributed by atoms with E-state index in [2.05, 4.69) is 15.4 Å². The Morgan fingerprint density at radius 2 is 2.21 bits per heavy atom. The number of hydrogen-bond acceptors (Lipinski definition) is 6. The third-order valence-corrected chi connectivity index (χ3v) is 4.85. The van der Waals surface area contributed by atoms with Crippen molar-refractivity contribution in [3.05, 3.63) is 33.5 Å². The maximum absolute atomic E-state index is 12.3. The fraction of sp³-hybridized carbons (Fsp3) is 0.467. The first-order valence-corrected chi connectivity index (χ1v) is 8.52. The van der Waals surface area contributed by atoms with Gasteiger partial charge in [-0.15, -0.1) is 11.3 Å². The van der Waals surface area contributed by atoms with Crippen LogP contribution in [0.15, 0.2) is 11.6 Å². The predicted molar refractivity (Wildman–Crippen MR) is 86.3 cm³/mol. The van der Waals surface area contributed by atoms with E-state index in [0.29, 0.717) is 23.8 Å². The van der Waals surface area contributed by atoms with E-state index in [9.17, 15) is 9.59 Å². The molecule has 0 aliphatic carbocycles. The largest absolute Gasteiger partial charge is 0.476 e. The highest BCUT2D eigenvalue weighted by atomic mass is 32.1. The van der Waals surface area contributed by atoms with Crippen LogP contribution < -0.4 is 5.32 Å². The van der Waals surface area contributed by atoms with Crippen LogP contribution in [0.5, 0.6) is 0 Å². The molecule has 9 heteroatoms. The summed E-state index contributed by atoms with van der Waals surface area (Å²) >= 11 is 1.21. The highest BCUT2D eigenvalue weighted by molar-refractivity contribution is 7.09. The number of nitrogens with zero attached hydrogens (tertiary/aromatic N) is 3. The summed E-state index contributed by atoms with van der Waals surface area (Å²) in [5.74, 6) is -1.31. The average Bonchev–Trinajstić information content (AvgIpc) is 3.20. The van der Waals surface area contributed by atoms with E-state index in [1.807, 2.05) is 11.6 Å². The predicted octanol–water partition coefficient (Wildman–Crippen LogP) is 1.63. The van der Waals surface area contributed by atoms with Gasteiger partial charge in [-0.1, -0.05) is 0 Å². The molecule has 0 atom stereocenters. The molecule has 2 aromatic rings. The van der Waals surface area contributed by atoms with Gasteiger partial charge in [0.15, 0.2) is 5.69 Å². The van der Waals surface area contributed by atoms with Crippen LogP contribution >= 0.6 is 11.3 Å². The molecule has 8 nitrogen and oxygen atoms in total. The van der Waals surface area contributed by atoms with Crippen LogP contribution in [-0.2, 0) is 11.3 Å². The van der Waals surface area contributed by atoms with Gasteiger partial charge in [0.1, 0.15) is 5.01 Å². The minimum absolute atomic E-state index is 0.00670. The molecule has 3 rings (SSSR count). The molecule has 0 saturated carbocycles. The van der Waals surface area contributed by atoms with Gasteiger partial charge in [0.2, 0.25) is 0 Å². The van der Waals surface area contributed by atoms with E-state index < -0.39 is 5.97 Å². The topological polar surface area (TPSA) is 106 Å². The number of aromatic nitrogens is 3. The Morgan fingerprint density at radius 3 is 2.88 bits per heavy atom. The summed E-state index contributed by atoms with van der Waals surface area (Å²) in [4.78, 5) is 27.1. The molecule has 2 aromatic heterocycles. The summed E-state index contributed by atoms with van der Waals surface area (Å²) in [5.41, 5.74) is 1.34. The van der Waals surface area contributed by atoms with Crippen molar-refractivity contribution in [2.75, 3.05) is 13.2 Å². The Hall–Kier alpha value is -2.26. The second kappa shape index (κ2) is 7.10. The van der Waals surface area contributed by atoms with Crippen LogP contribution in [0.4, 0.5) is 0 Å². The summed E-state index contributed by atoms with van der Waals surface area (Å²) in [6.07, 6.45) is 3.35. The zero-order chi connectivity index (χ0) is 17.1. The number of nitrogens with one attached hydrogen (secondary N) is 1. The number of aromatic carboxylic acids is 1. The Labute approximate surface area is 142 Å². The quantitative estimate of drug-likeness (QED) is 0.849. The maximum atomic E-state index is 12.3. The Morgan fingerprint density at radius 1 is 1.46 bits per heavy atom. The smallest absolute Gasteiger partial charge is 0.355 e. The molecule has 0 bridgehead atoms. The highest BCUT2D eigenvalue weighted by Gasteiger charge is 2.22. The lowest BCUT2D eigenvalue weighted by atomic mass is 10.1. The standard InChI is InChI=1S/C15H18N4O4S/c1-9-11(6-17-19(9)10-2-4-23-5-3-10)14(20)16-7-13-18-12(8-24-13)15(21)22/h6,8,10H,2-5,7H2,1H3,(H,16,20)(H,21,22). The van der Waals surface area contributed by atoms with Gasteiger partial charge in [-0.3, -0.25) is 9.48 Å². The molecule has 24 heavy (non-hydrogen) atoms. The van der Waals surface area contributed by atoms with Crippen molar-refractivity contribution < 1.29 is 19.4 Å². The zero-order valence-corrected chi connectivity index (χ0v) is 14.0. The molecule has 0 aromatic carbocycles. The van der Waals surface area contributed by atoms with Crippen LogP contribution in [0.25, 0.3) is 0 Å². The maximum Gasteiger partial charge on any atom is 0.355 e. The Kier molecular flexibility index (Phi) is 4.91. The van der Waals surface area contributed by atoms with Gasteiger partial charge >= 0.3 is 5.97 Å². The summed E-state index contributed by atoms with van der Waals surface area (Å²) in [6.45, 7) is 3.49. The number of ether oxygens (including phenoxy) is 1. The lowest BCUT2D eigenvalue weighted by Crippen LogP contribution is -2.24. The third kappa shape index (κ3) is 3.46. The molecular formula is C15H18N4O4S. The van der Waals surface area contributed by atoms with Crippen molar-refractivity contribution in [1.82, 2.24) is 20.1 Å². The molecule has 1 saturated heterocycles. The number of amides is 1. The first kappa shape index (κ1) is 16.6. The van der Waals surface area contributed by atoms with Crippen LogP contribution in [-0.4, -0.2) is 45.0 Å². The second-order valence-corrected chi connectivity index (χ2v) is 6.49. The van der Waals surface area contributed by atoms with Crippen molar-refractivity contribution in [2.45, 2.75) is 32.4 Å². The fourth-order valence-electron chi connectivity index (χ4n) is 2.69. The van der Waals surface area contributed by atoms with Crippen molar-refractivity contribution >= 4 is 23.2 Å². The summed E-state index contributed by atoms with van der Waals surface area (Å²) < 4.78 is 7.25. The van der Waals surface area contributed by atoms with Gasteiger partial charge in [0.05, 0.1) is 24.3 Å². The summed E-state index contributed by atoms with van der Waals surface area (Å²) in [7, 11) is 0. The number of carbonyl (C=O) groups excluding carboxylic acids is 1. The molecule has 1 fully saturated rings. The first-order chi connectivity index (χ1) is 11.6. The van der Waals surface area contributed by atoms with Gasteiger partial charge in [0, 0.05) is 24.3 Å². The molecule has 128 valence electrons. The lowest BCUT2D eigenvalue weighted by Gasteiger charge is -2.23. The lowest BCUT2D eigenvalue weighted by molar-refractivity contribution is 0.0656. The molecule has 1 amide bonds. The minimum atomic E-state index is -1.07. The number of rotatable bonds is 5. The number of thiazole rings is 1. The van der Waals surface area contributed by atoms with E-state index in [1.165, 1.54) is 16.7 Å². The van der Waals surface area contributed by atoms with Crippen molar-refractivity contribution in [2.24, 2.45) is 0 Å². The number of carbonyl (C=O) groups is 2. The highest BCUT2D eigenvalue weighted by Crippen LogP contribution is 2.23. The van der Waals surface area contributed by atoms with Crippen LogP contribution in [0.3, 0.4) is 0 Å². The van der Waals surface area contributed by atoms with Crippen LogP contribution in [0.2, 0.25) is 0 Å². The summed E-state index contributed by atoms with van der Waals surface area (Å²) in [6, 6.07) is 0.261. The van der Waals surface area contributed by atoms with Crippen molar-refractivity contribution in [1.29, 1.82) is 0 Å². The minimum Gasteiger partial charge on any atom is -0.476 e. The molecule has 0 radical (unpaired) electrons. The average molecular weight is 350 g/mol. The fourth-order valence-corrected chi connectivity index (χ4v) is 3.39. The zero-order valence-electron chi connectivity index (χ0n) is 13.2. The van der Waals surface area contributed by atoms with E-state index in [4.69, 9.17) is 9.84 Å². The molecule has 0 unspecified atom stereocenters. The van der Waals surface area contributed by atoms with Gasteiger partial charge < -0.3 is 15.2 Å². The SMILES string of the molecule is Cc1c(C(=O)NCc2nc(C(=O)O)cs2)cnn1C1CCOCC1. The monoisotopic (exact) mass is 350 g/mol. The first-order valence-electron chi connectivity index (χ1n) is 7.64. The third-order valence-electron chi connectivity index (χ3n) is 4.00. The molecule has 1 aliphatic heterocycles. The number of carboxylic acids is 1. The Bertz CT molecular complexity index is 748. The molecule has 0 spiro atoms. The number of carboxylic acid groups (broad SMARTS) is 1. The number of hydrogen-bond donors (Lipinski definition) is 2.